The summed E-state index contributed by atoms with van der Waals surface area (Å²) in [6, 6.07) is 0. The third kappa shape index (κ3) is 21.8. The molecule has 0 aromatic heterocycles. The minimum atomic E-state index is -0.581. The number of allylic oxidation sites excluding steroid dienone is 1. The molecule has 0 saturated heterocycles. The van der Waals surface area contributed by atoms with Gasteiger partial charge in [-0.2, -0.15) is 0 Å². The van der Waals surface area contributed by atoms with Crippen LogP contribution in [0.1, 0.15) is 136 Å². The molecule has 6 nitrogen and oxygen atoms in total. The molecule has 6 heteroatoms. The summed E-state index contributed by atoms with van der Waals surface area (Å²) in [5, 5.41) is 24.8. The largest absolute Gasteiger partial charge is 0.391 e. The quantitative estimate of drug-likeness (QED) is 0.0868. The minimum Gasteiger partial charge on any atom is -0.391 e. The summed E-state index contributed by atoms with van der Waals surface area (Å²) in [6.07, 6.45) is 23.4. The topological polar surface area (TPSA) is 98.7 Å². The number of nitrogens with one attached hydrogen (secondary N) is 2. The molecule has 212 valence electrons. The number of aliphatic hydroxyl groups excluding tert-OH is 2. The Morgan fingerprint density at radius 1 is 0.667 bits per heavy atom. The van der Waals surface area contributed by atoms with Crippen molar-refractivity contribution in [2.24, 2.45) is 5.92 Å². The van der Waals surface area contributed by atoms with E-state index >= 15 is 0 Å². The highest BCUT2D eigenvalue weighted by atomic mass is 16.3. The number of unbranched alkanes of at least 4 members (excludes halogenated alkanes) is 14. The molecule has 0 radical (unpaired) electrons. The molecule has 0 bridgehead atoms. The molecule has 0 fully saturated rings. The summed E-state index contributed by atoms with van der Waals surface area (Å²) in [7, 11) is 0. The second kappa shape index (κ2) is 25.3. The molecule has 0 aliphatic carbocycles. The second-order valence-corrected chi connectivity index (χ2v) is 10.3. The molecule has 0 aromatic carbocycles. The number of amides is 2. The van der Waals surface area contributed by atoms with Gasteiger partial charge in [0.05, 0.1) is 18.1 Å². The van der Waals surface area contributed by atoms with Gasteiger partial charge in [0.1, 0.15) is 0 Å². The molecule has 4 N–H and O–H groups in total. The van der Waals surface area contributed by atoms with Gasteiger partial charge in [-0.1, -0.05) is 116 Å². The highest BCUT2D eigenvalue weighted by Crippen LogP contribution is 2.14. The zero-order valence-electron chi connectivity index (χ0n) is 23.7. The van der Waals surface area contributed by atoms with Gasteiger partial charge in [-0.25, -0.2) is 0 Å². The van der Waals surface area contributed by atoms with Crippen LogP contribution in [0, 0.1) is 5.92 Å². The first kappa shape index (κ1) is 34.6. The summed E-state index contributed by atoms with van der Waals surface area (Å²) in [5.74, 6) is -1.06. The fourth-order valence-corrected chi connectivity index (χ4v) is 4.11. The number of hydrogen-bond donors (Lipinski definition) is 4. The van der Waals surface area contributed by atoms with Crippen molar-refractivity contribution in [3.8, 4) is 0 Å². The van der Waals surface area contributed by atoms with Crippen LogP contribution >= 0.6 is 0 Å². The van der Waals surface area contributed by atoms with Crippen molar-refractivity contribution >= 4 is 11.8 Å². The maximum absolute atomic E-state index is 12.6. The van der Waals surface area contributed by atoms with Crippen LogP contribution in [-0.4, -0.2) is 47.3 Å². The zero-order chi connectivity index (χ0) is 26.9. The molecule has 0 spiro atoms. The smallest absolute Gasteiger partial charge is 0.227 e. The highest BCUT2D eigenvalue weighted by molar-refractivity contribution is 5.87. The van der Waals surface area contributed by atoms with Crippen LogP contribution in [0.4, 0.5) is 0 Å². The van der Waals surface area contributed by atoms with E-state index in [0.717, 1.165) is 12.8 Å². The van der Waals surface area contributed by atoms with Gasteiger partial charge >= 0.3 is 0 Å². The van der Waals surface area contributed by atoms with Crippen LogP contribution in [0.5, 0.6) is 0 Å². The van der Waals surface area contributed by atoms with Crippen molar-refractivity contribution in [2.45, 2.75) is 149 Å². The summed E-state index contributed by atoms with van der Waals surface area (Å²) in [6.45, 7) is 6.36. The van der Waals surface area contributed by atoms with Gasteiger partial charge in [0, 0.05) is 19.5 Å². The molecule has 36 heavy (non-hydrogen) atoms. The predicted octanol–water partition coefficient (Wildman–Crippen LogP) is 6.19. The molecule has 0 aliphatic rings. The first-order valence-corrected chi connectivity index (χ1v) is 15.0. The molecule has 3 atom stereocenters. The van der Waals surface area contributed by atoms with E-state index in [9.17, 15) is 19.8 Å². The Balaban J connectivity index is 4.09. The maximum Gasteiger partial charge on any atom is 0.227 e. The maximum atomic E-state index is 12.6. The van der Waals surface area contributed by atoms with Gasteiger partial charge in [-0.15, -0.1) is 0 Å². The Morgan fingerprint density at radius 3 is 1.58 bits per heavy atom. The lowest BCUT2D eigenvalue weighted by Gasteiger charge is -2.16. The lowest BCUT2D eigenvalue weighted by atomic mass is 10.0. The molecular weight excluding hydrogens is 452 g/mol. The first-order valence-electron chi connectivity index (χ1n) is 15.0. The van der Waals surface area contributed by atoms with Crippen LogP contribution < -0.4 is 10.6 Å². The van der Waals surface area contributed by atoms with Gasteiger partial charge in [0.2, 0.25) is 11.8 Å². The molecule has 0 aliphatic heterocycles. The number of rotatable bonds is 25. The summed E-state index contributed by atoms with van der Waals surface area (Å²) in [5.41, 5.74) is 0. The monoisotopic (exact) mass is 510 g/mol. The standard InChI is InChI=1S/C30H58N2O4/c1-4-7-8-9-10-11-12-13-14-15-16-17-18-19-20-21-22-26(30(36)32-25-28(34)6-3)23-29(35)31-24-27(33)5-2/h21-22,26-28,33-34H,4-20,23-25H2,1-3H3,(H,31,35)(H,32,36)/b22-21+. The third-order valence-corrected chi connectivity index (χ3v) is 6.82. The Hall–Kier alpha value is -1.40. The van der Waals surface area contributed by atoms with Crippen LogP contribution in [0.25, 0.3) is 0 Å². The van der Waals surface area contributed by atoms with Crippen molar-refractivity contribution in [2.75, 3.05) is 13.1 Å². The van der Waals surface area contributed by atoms with Crippen molar-refractivity contribution in [1.29, 1.82) is 0 Å². The van der Waals surface area contributed by atoms with E-state index in [1.165, 1.54) is 83.5 Å². The number of aliphatic hydroxyl groups is 2. The van der Waals surface area contributed by atoms with E-state index < -0.39 is 18.1 Å². The van der Waals surface area contributed by atoms with E-state index in [1.54, 1.807) is 0 Å². The summed E-state index contributed by atoms with van der Waals surface area (Å²) >= 11 is 0. The van der Waals surface area contributed by atoms with Crippen molar-refractivity contribution in [3.63, 3.8) is 0 Å². The van der Waals surface area contributed by atoms with Gasteiger partial charge in [0.25, 0.3) is 0 Å². The normalized spacial score (nSPS) is 14.0. The average Bonchev–Trinajstić information content (AvgIpc) is 2.88. The fourth-order valence-electron chi connectivity index (χ4n) is 4.11. The zero-order valence-corrected chi connectivity index (χ0v) is 23.7. The Bertz CT molecular complexity index is 553. The molecule has 2 amide bonds. The van der Waals surface area contributed by atoms with Gasteiger partial charge < -0.3 is 20.8 Å². The molecule has 0 saturated carbocycles. The first-order chi connectivity index (χ1) is 17.4. The van der Waals surface area contributed by atoms with Gasteiger partial charge in [-0.3, -0.25) is 9.59 Å². The molecule has 0 heterocycles. The molecule has 0 rings (SSSR count). The van der Waals surface area contributed by atoms with Gasteiger partial charge in [0.15, 0.2) is 0 Å². The van der Waals surface area contributed by atoms with E-state index in [1.807, 2.05) is 26.0 Å². The van der Waals surface area contributed by atoms with Crippen molar-refractivity contribution in [1.82, 2.24) is 10.6 Å². The summed E-state index contributed by atoms with van der Waals surface area (Å²) < 4.78 is 0. The Morgan fingerprint density at radius 2 is 1.11 bits per heavy atom. The lowest BCUT2D eigenvalue weighted by Crippen LogP contribution is -2.39. The van der Waals surface area contributed by atoms with Crippen molar-refractivity contribution in [3.05, 3.63) is 12.2 Å². The fraction of sp³-hybridized carbons (Fsp3) is 0.867. The minimum absolute atomic E-state index is 0.0414. The lowest BCUT2D eigenvalue weighted by molar-refractivity contribution is -0.129. The number of hydrogen-bond acceptors (Lipinski definition) is 4. The number of carbonyl (C=O) groups is 2. The van der Waals surface area contributed by atoms with Gasteiger partial charge in [-0.05, 0) is 25.7 Å². The van der Waals surface area contributed by atoms with Crippen LogP contribution in [0.15, 0.2) is 12.2 Å². The molecular formula is C30H58N2O4. The molecule has 3 unspecified atom stereocenters. The summed E-state index contributed by atoms with van der Waals surface area (Å²) in [4.78, 5) is 24.8. The highest BCUT2D eigenvalue weighted by Gasteiger charge is 2.20. The van der Waals surface area contributed by atoms with E-state index in [2.05, 4.69) is 17.6 Å². The van der Waals surface area contributed by atoms with E-state index in [-0.39, 0.29) is 31.3 Å². The van der Waals surface area contributed by atoms with Crippen LogP contribution in [-0.2, 0) is 9.59 Å². The SMILES string of the molecule is CCCCCCCCCCCCCCCC/C=C/C(CC(=O)NCC(O)CC)C(=O)NCC(O)CC. The Labute approximate surface area is 222 Å². The van der Waals surface area contributed by atoms with Crippen molar-refractivity contribution < 1.29 is 19.8 Å². The molecule has 0 aromatic rings. The van der Waals surface area contributed by atoms with Crippen LogP contribution in [0.3, 0.4) is 0 Å². The Kier molecular flexibility index (Phi) is 24.3. The van der Waals surface area contributed by atoms with E-state index in [0.29, 0.717) is 12.8 Å². The average molecular weight is 511 g/mol. The number of carbonyl (C=O) groups excluding carboxylic acids is 2. The van der Waals surface area contributed by atoms with Crippen LogP contribution in [0.2, 0.25) is 0 Å². The predicted molar refractivity (Wildman–Crippen MR) is 151 cm³/mol. The van der Waals surface area contributed by atoms with E-state index in [4.69, 9.17) is 0 Å². The second-order valence-electron chi connectivity index (χ2n) is 10.3. The third-order valence-electron chi connectivity index (χ3n) is 6.82.